The summed E-state index contributed by atoms with van der Waals surface area (Å²) in [5, 5.41) is 27.0. The molecule has 0 amide bonds. The van der Waals surface area contributed by atoms with Crippen LogP contribution < -0.4 is 0 Å². The monoisotopic (exact) mass is 720 g/mol. The molecule has 10 aromatic rings. The highest BCUT2D eigenvalue weighted by atomic mass is 32.1. The Bertz CT molecular complexity index is 3170. The van der Waals surface area contributed by atoms with E-state index in [1.807, 2.05) is 48.5 Å². The van der Waals surface area contributed by atoms with Crippen LogP contribution in [0.1, 0.15) is 11.1 Å². The van der Waals surface area contributed by atoms with E-state index >= 15 is 0 Å². The minimum absolute atomic E-state index is 0.541. The van der Waals surface area contributed by atoms with Crippen molar-refractivity contribution in [2.45, 2.75) is 0 Å². The van der Waals surface area contributed by atoms with Crippen molar-refractivity contribution in [1.29, 1.82) is 10.5 Å². The first-order chi connectivity index (χ1) is 26.7. The summed E-state index contributed by atoms with van der Waals surface area (Å²) in [6, 6.07) is 64.3. The summed E-state index contributed by atoms with van der Waals surface area (Å²) in [4.78, 5) is 0. The van der Waals surface area contributed by atoms with Crippen LogP contribution in [-0.2, 0) is 0 Å². The molecule has 2 aromatic heterocycles. The van der Waals surface area contributed by atoms with Gasteiger partial charge in [-0.25, -0.2) is 0 Å². The van der Waals surface area contributed by atoms with Crippen molar-refractivity contribution in [3.8, 4) is 67.8 Å². The topological polar surface area (TPSA) is 47.6 Å². The van der Waals surface area contributed by atoms with Crippen LogP contribution in [0.5, 0.6) is 0 Å². The van der Waals surface area contributed by atoms with E-state index in [4.69, 9.17) is 0 Å². The maximum absolute atomic E-state index is 11.2. The fraction of sp³-hybridized carbons (Fsp3) is 0. The van der Waals surface area contributed by atoms with Gasteiger partial charge in [-0.1, -0.05) is 109 Å². The predicted molar refractivity (Wildman–Crippen MR) is 229 cm³/mol. The van der Waals surface area contributed by atoms with E-state index < -0.39 is 0 Å². The Morgan fingerprint density at radius 3 is 1.26 bits per heavy atom. The molecule has 54 heavy (non-hydrogen) atoms. The zero-order valence-corrected chi connectivity index (χ0v) is 30.5. The third-order valence-electron chi connectivity index (χ3n) is 10.4. The molecule has 0 aliphatic rings. The number of nitriles is 2. The maximum atomic E-state index is 11.2. The average molecular weight is 721 g/mol. The van der Waals surface area contributed by atoms with Crippen molar-refractivity contribution in [3.05, 3.63) is 181 Å². The first-order valence-corrected chi connectivity index (χ1v) is 19.4. The Labute approximate surface area is 320 Å². The van der Waals surface area contributed by atoms with Crippen molar-refractivity contribution < 1.29 is 0 Å². The third kappa shape index (κ3) is 5.28. The normalized spacial score (nSPS) is 11.3. The molecule has 0 radical (unpaired) electrons. The number of benzene rings is 8. The van der Waals surface area contributed by atoms with E-state index in [-0.39, 0.29) is 0 Å². The van der Waals surface area contributed by atoms with Crippen LogP contribution in [0.2, 0.25) is 0 Å². The molecule has 0 unspecified atom stereocenters. The Morgan fingerprint density at radius 2 is 0.704 bits per heavy atom. The van der Waals surface area contributed by atoms with Crippen LogP contribution in [0.4, 0.5) is 0 Å². The Balaban J connectivity index is 1.30. The molecule has 0 saturated heterocycles. The van der Waals surface area contributed by atoms with Gasteiger partial charge in [0.25, 0.3) is 0 Å². The highest BCUT2D eigenvalue weighted by molar-refractivity contribution is 7.26. The van der Waals surface area contributed by atoms with Gasteiger partial charge in [0.2, 0.25) is 0 Å². The summed E-state index contributed by atoms with van der Waals surface area (Å²) in [7, 11) is 0. The Morgan fingerprint density at radius 1 is 0.296 bits per heavy atom. The number of fused-ring (bicyclic) bond motifs is 6. The van der Waals surface area contributed by atoms with Gasteiger partial charge in [-0.15, -0.1) is 22.7 Å². The summed E-state index contributed by atoms with van der Waals surface area (Å²) < 4.78 is 4.94. The fourth-order valence-corrected chi connectivity index (χ4v) is 9.96. The van der Waals surface area contributed by atoms with E-state index in [0.29, 0.717) is 11.1 Å². The van der Waals surface area contributed by atoms with E-state index in [1.54, 1.807) is 22.7 Å². The van der Waals surface area contributed by atoms with Crippen molar-refractivity contribution in [2.75, 3.05) is 0 Å². The molecule has 8 aromatic carbocycles. The molecule has 2 nitrogen and oxygen atoms in total. The summed E-state index contributed by atoms with van der Waals surface area (Å²) >= 11 is 3.58. The molecule has 0 bridgehead atoms. The molecule has 250 valence electrons. The molecule has 0 N–H and O–H groups in total. The van der Waals surface area contributed by atoms with Gasteiger partial charge in [0.15, 0.2) is 0 Å². The summed E-state index contributed by atoms with van der Waals surface area (Å²) in [5.41, 5.74) is 10.2. The molecule has 0 aliphatic carbocycles. The van der Waals surface area contributed by atoms with E-state index in [9.17, 15) is 10.5 Å². The van der Waals surface area contributed by atoms with E-state index in [1.165, 1.54) is 40.3 Å². The van der Waals surface area contributed by atoms with Crippen LogP contribution >= 0.6 is 22.7 Å². The quantitative estimate of drug-likeness (QED) is 0.178. The van der Waals surface area contributed by atoms with Gasteiger partial charge in [0.05, 0.1) is 11.1 Å². The molecule has 0 fully saturated rings. The lowest BCUT2D eigenvalue weighted by Gasteiger charge is -2.18. The summed E-state index contributed by atoms with van der Waals surface area (Å²) in [6.07, 6.45) is 0. The summed E-state index contributed by atoms with van der Waals surface area (Å²) in [6.45, 7) is 0. The number of hydrogen-bond donors (Lipinski definition) is 0. The second-order valence-electron chi connectivity index (χ2n) is 13.5. The molecule has 0 saturated carbocycles. The minimum atomic E-state index is 0.541. The van der Waals surface area contributed by atoms with Crippen LogP contribution in [-0.4, -0.2) is 0 Å². The SMILES string of the molecule is N#Cc1c(-c2ccccc2)cc(-c2ccccc2)cc1-c1cc(-c2ccc3sc4ccccc4c3c2)cc(-c2ccc3sc4ccccc4c3c2)c1C#N. The van der Waals surface area contributed by atoms with Crippen molar-refractivity contribution in [2.24, 2.45) is 0 Å². The lowest BCUT2D eigenvalue weighted by Crippen LogP contribution is -1.97. The number of thiophene rings is 2. The molecule has 2 heterocycles. The van der Waals surface area contributed by atoms with Gasteiger partial charge < -0.3 is 0 Å². The minimum Gasteiger partial charge on any atom is -0.192 e. The number of rotatable bonds is 5. The first kappa shape index (κ1) is 31.9. The molecule has 4 heteroatoms. The van der Waals surface area contributed by atoms with Gasteiger partial charge in [-0.3, -0.25) is 0 Å². The van der Waals surface area contributed by atoms with Crippen LogP contribution in [0.25, 0.3) is 96.0 Å². The van der Waals surface area contributed by atoms with Crippen molar-refractivity contribution in [3.63, 3.8) is 0 Å². The second-order valence-corrected chi connectivity index (χ2v) is 15.6. The standard InChI is InChI=1S/C50H28N2S2/c51-29-45-39(32-13-5-2-6-14-32)25-35(31-11-3-1-4-12-31)27-41(45)42-28-36(33-19-21-49-43(23-33)37-15-7-9-17-47(37)53-49)26-40(46(42)30-52)34-20-22-50-44(24-34)38-16-8-10-18-48(38)54-50/h1-28H. The van der Waals surface area contributed by atoms with Crippen molar-refractivity contribution in [1.82, 2.24) is 0 Å². The van der Waals surface area contributed by atoms with Gasteiger partial charge in [-0.2, -0.15) is 10.5 Å². The molecular weight excluding hydrogens is 693 g/mol. The van der Waals surface area contributed by atoms with Gasteiger partial charge >= 0.3 is 0 Å². The first-order valence-electron chi connectivity index (χ1n) is 17.8. The molecule has 0 atom stereocenters. The average Bonchev–Trinajstić information content (AvgIpc) is 3.81. The summed E-state index contributed by atoms with van der Waals surface area (Å²) in [5.74, 6) is 0. The maximum Gasteiger partial charge on any atom is 0.100 e. The van der Waals surface area contributed by atoms with Crippen LogP contribution in [0.15, 0.2) is 170 Å². The van der Waals surface area contributed by atoms with Gasteiger partial charge in [0, 0.05) is 62.6 Å². The van der Waals surface area contributed by atoms with Gasteiger partial charge in [0.1, 0.15) is 12.1 Å². The predicted octanol–water partition coefficient (Wildman–Crippen LogP) is 14.5. The fourth-order valence-electron chi connectivity index (χ4n) is 7.79. The van der Waals surface area contributed by atoms with E-state index in [0.717, 1.165) is 55.6 Å². The zero-order chi connectivity index (χ0) is 36.2. The Hall–Kier alpha value is -6.82. The Kier molecular flexibility index (Phi) is 7.67. The molecule has 10 rings (SSSR count). The smallest absolute Gasteiger partial charge is 0.100 e. The zero-order valence-electron chi connectivity index (χ0n) is 28.9. The molecular formula is C50H28N2S2. The number of nitrogens with zero attached hydrogens (tertiary/aromatic N) is 2. The second kappa shape index (κ2) is 13.0. The van der Waals surface area contributed by atoms with Gasteiger partial charge in [-0.05, 0) is 94.0 Å². The van der Waals surface area contributed by atoms with Crippen molar-refractivity contribution >= 4 is 63.0 Å². The largest absolute Gasteiger partial charge is 0.192 e. The van der Waals surface area contributed by atoms with Crippen LogP contribution in [0, 0.1) is 22.7 Å². The number of hydrogen-bond acceptors (Lipinski definition) is 4. The van der Waals surface area contributed by atoms with E-state index in [2.05, 4.69) is 133 Å². The lowest BCUT2D eigenvalue weighted by atomic mass is 9.83. The third-order valence-corrected chi connectivity index (χ3v) is 12.7. The van der Waals surface area contributed by atoms with Crippen LogP contribution in [0.3, 0.4) is 0 Å². The lowest BCUT2D eigenvalue weighted by molar-refractivity contribution is 1.44. The highest BCUT2D eigenvalue weighted by Gasteiger charge is 2.22. The highest BCUT2D eigenvalue weighted by Crippen LogP contribution is 2.45. The molecule has 0 aliphatic heterocycles. The molecule has 0 spiro atoms.